The molecular formula is C19H23FN2O2. The number of aromatic hydroxyl groups is 1. The van der Waals surface area contributed by atoms with E-state index in [0.29, 0.717) is 19.5 Å². The second kappa shape index (κ2) is 8.34. The molecule has 2 aromatic rings. The van der Waals surface area contributed by atoms with Crippen molar-refractivity contribution in [2.45, 2.75) is 26.3 Å². The van der Waals surface area contributed by atoms with Gasteiger partial charge in [0.15, 0.2) is 0 Å². The molecule has 0 fully saturated rings. The number of nitrogens with zero attached hydrogens (tertiary/aromatic N) is 1. The van der Waals surface area contributed by atoms with Gasteiger partial charge in [-0.05, 0) is 55.7 Å². The summed E-state index contributed by atoms with van der Waals surface area (Å²) in [6.45, 7) is 4.88. The highest BCUT2D eigenvalue weighted by Gasteiger charge is 2.19. The minimum absolute atomic E-state index is 0.145. The number of nitrogens with one attached hydrogen (secondary N) is 1. The molecule has 0 aliphatic heterocycles. The molecule has 0 aliphatic carbocycles. The van der Waals surface area contributed by atoms with Gasteiger partial charge in [-0.25, -0.2) is 9.18 Å². The molecule has 2 rings (SSSR count). The molecule has 2 amide bonds. The molecule has 5 heteroatoms. The van der Waals surface area contributed by atoms with E-state index in [4.69, 9.17) is 0 Å². The average Bonchev–Trinajstić information content (AvgIpc) is 2.57. The van der Waals surface area contributed by atoms with Crippen LogP contribution in [-0.2, 0) is 6.42 Å². The first-order valence-corrected chi connectivity index (χ1v) is 8.09. The number of amides is 2. The lowest BCUT2D eigenvalue weighted by atomic mass is 10.1. The van der Waals surface area contributed by atoms with Crippen molar-refractivity contribution < 1.29 is 14.3 Å². The Hall–Kier alpha value is -2.56. The fourth-order valence-electron chi connectivity index (χ4n) is 2.62. The number of halogens is 1. The topological polar surface area (TPSA) is 52.6 Å². The SMILES string of the molecule is CCN(C(=O)NCCc1ccc(F)cc1)C(C)c1cccc(O)c1. The number of rotatable bonds is 6. The lowest BCUT2D eigenvalue weighted by Crippen LogP contribution is -2.42. The van der Waals surface area contributed by atoms with E-state index in [9.17, 15) is 14.3 Å². The van der Waals surface area contributed by atoms with Gasteiger partial charge in [0.25, 0.3) is 0 Å². The van der Waals surface area contributed by atoms with Gasteiger partial charge in [-0.3, -0.25) is 0 Å². The number of hydrogen-bond donors (Lipinski definition) is 2. The molecule has 0 bridgehead atoms. The number of carbonyl (C=O) groups excluding carboxylic acids is 1. The van der Waals surface area contributed by atoms with Gasteiger partial charge in [0.1, 0.15) is 11.6 Å². The summed E-state index contributed by atoms with van der Waals surface area (Å²) in [5, 5.41) is 12.5. The van der Waals surface area contributed by atoms with Crippen molar-refractivity contribution in [3.05, 3.63) is 65.5 Å². The molecule has 0 aromatic heterocycles. The fraction of sp³-hybridized carbons (Fsp3) is 0.316. The fourth-order valence-corrected chi connectivity index (χ4v) is 2.62. The largest absolute Gasteiger partial charge is 0.508 e. The molecule has 2 aromatic carbocycles. The summed E-state index contributed by atoms with van der Waals surface area (Å²) < 4.78 is 12.9. The Morgan fingerprint density at radius 1 is 1.25 bits per heavy atom. The van der Waals surface area contributed by atoms with Crippen LogP contribution in [0, 0.1) is 5.82 Å². The quantitative estimate of drug-likeness (QED) is 0.845. The summed E-state index contributed by atoms with van der Waals surface area (Å²) in [5.41, 5.74) is 1.85. The average molecular weight is 330 g/mol. The van der Waals surface area contributed by atoms with Crippen LogP contribution in [0.5, 0.6) is 5.75 Å². The Balaban J connectivity index is 1.92. The second-order valence-corrected chi connectivity index (χ2v) is 5.67. The van der Waals surface area contributed by atoms with Crippen molar-refractivity contribution in [2.75, 3.05) is 13.1 Å². The summed E-state index contributed by atoms with van der Waals surface area (Å²) in [6, 6.07) is 12.9. The normalized spacial score (nSPS) is 11.8. The van der Waals surface area contributed by atoms with Crippen LogP contribution >= 0.6 is 0 Å². The predicted molar refractivity (Wildman–Crippen MR) is 92.4 cm³/mol. The maximum atomic E-state index is 12.9. The first kappa shape index (κ1) is 17.8. The van der Waals surface area contributed by atoms with E-state index in [0.717, 1.165) is 11.1 Å². The Labute approximate surface area is 141 Å². The minimum atomic E-state index is -0.264. The van der Waals surface area contributed by atoms with Crippen molar-refractivity contribution in [2.24, 2.45) is 0 Å². The van der Waals surface area contributed by atoms with Crippen LogP contribution in [0.1, 0.15) is 31.0 Å². The van der Waals surface area contributed by atoms with E-state index in [1.807, 2.05) is 19.9 Å². The molecule has 2 N–H and O–H groups in total. The van der Waals surface area contributed by atoms with Crippen LogP contribution in [-0.4, -0.2) is 29.1 Å². The zero-order chi connectivity index (χ0) is 17.5. The first-order chi connectivity index (χ1) is 11.5. The number of phenols is 1. The number of urea groups is 1. The van der Waals surface area contributed by atoms with Gasteiger partial charge in [0.2, 0.25) is 0 Å². The van der Waals surface area contributed by atoms with E-state index < -0.39 is 0 Å². The molecular weight excluding hydrogens is 307 g/mol. The molecule has 0 radical (unpaired) electrons. The van der Waals surface area contributed by atoms with Gasteiger partial charge in [-0.1, -0.05) is 24.3 Å². The maximum Gasteiger partial charge on any atom is 0.317 e. The molecule has 1 unspecified atom stereocenters. The number of phenolic OH excluding ortho intramolecular Hbond substituents is 1. The summed E-state index contributed by atoms with van der Waals surface area (Å²) >= 11 is 0. The number of benzene rings is 2. The van der Waals surface area contributed by atoms with E-state index in [2.05, 4.69) is 5.32 Å². The molecule has 0 spiro atoms. The molecule has 24 heavy (non-hydrogen) atoms. The molecule has 1 atom stereocenters. The molecule has 0 heterocycles. The third kappa shape index (κ3) is 4.72. The van der Waals surface area contributed by atoms with Crippen molar-refractivity contribution in [3.8, 4) is 5.75 Å². The van der Waals surface area contributed by atoms with E-state index in [1.54, 1.807) is 35.2 Å². The van der Waals surface area contributed by atoms with Gasteiger partial charge in [-0.2, -0.15) is 0 Å². The van der Waals surface area contributed by atoms with Crippen molar-refractivity contribution in [1.82, 2.24) is 10.2 Å². The summed E-state index contributed by atoms with van der Waals surface area (Å²) in [7, 11) is 0. The minimum Gasteiger partial charge on any atom is -0.508 e. The molecule has 4 nitrogen and oxygen atoms in total. The van der Waals surface area contributed by atoms with Gasteiger partial charge < -0.3 is 15.3 Å². The standard InChI is InChI=1S/C19H23FN2O2/c1-3-22(14(2)16-5-4-6-18(23)13-16)19(24)21-12-11-15-7-9-17(20)10-8-15/h4-10,13-14,23H,3,11-12H2,1-2H3,(H,21,24). The second-order valence-electron chi connectivity index (χ2n) is 5.67. The van der Waals surface area contributed by atoms with Crippen molar-refractivity contribution >= 4 is 6.03 Å². The number of hydrogen-bond acceptors (Lipinski definition) is 2. The lowest BCUT2D eigenvalue weighted by Gasteiger charge is -2.28. The van der Waals surface area contributed by atoms with E-state index >= 15 is 0 Å². The molecule has 0 saturated carbocycles. The number of carbonyl (C=O) groups is 1. The molecule has 128 valence electrons. The zero-order valence-corrected chi connectivity index (χ0v) is 14.0. The smallest absolute Gasteiger partial charge is 0.317 e. The van der Waals surface area contributed by atoms with Gasteiger partial charge in [0, 0.05) is 13.1 Å². The van der Waals surface area contributed by atoms with Gasteiger partial charge in [0.05, 0.1) is 6.04 Å². The van der Waals surface area contributed by atoms with Crippen LogP contribution in [0.2, 0.25) is 0 Å². The summed E-state index contributed by atoms with van der Waals surface area (Å²) in [6.07, 6.45) is 0.643. The predicted octanol–water partition coefficient (Wildman–Crippen LogP) is 3.87. The molecule has 0 aliphatic rings. The van der Waals surface area contributed by atoms with Crippen LogP contribution in [0.25, 0.3) is 0 Å². The Morgan fingerprint density at radius 2 is 1.96 bits per heavy atom. The van der Waals surface area contributed by atoms with Crippen LogP contribution in [0.4, 0.5) is 9.18 Å². The maximum absolute atomic E-state index is 12.9. The van der Waals surface area contributed by atoms with Gasteiger partial charge in [-0.15, -0.1) is 0 Å². The van der Waals surface area contributed by atoms with Gasteiger partial charge >= 0.3 is 6.03 Å². The highest BCUT2D eigenvalue weighted by Crippen LogP contribution is 2.23. The third-order valence-electron chi connectivity index (χ3n) is 4.02. The van der Waals surface area contributed by atoms with Crippen molar-refractivity contribution in [1.29, 1.82) is 0 Å². The third-order valence-corrected chi connectivity index (χ3v) is 4.02. The highest BCUT2D eigenvalue weighted by atomic mass is 19.1. The Bertz CT molecular complexity index is 673. The molecule has 0 saturated heterocycles. The van der Waals surface area contributed by atoms with Crippen molar-refractivity contribution in [3.63, 3.8) is 0 Å². The Kier molecular flexibility index (Phi) is 6.18. The van der Waals surface area contributed by atoms with E-state index in [1.165, 1.54) is 12.1 Å². The summed E-state index contributed by atoms with van der Waals surface area (Å²) in [5.74, 6) is -0.0768. The van der Waals surface area contributed by atoms with Crippen LogP contribution in [0.15, 0.2) is 48.5 Å². The Morgan fingerprint density at radius 3 is 2.58 bits per heavy atom. The van der Waals surface area contributed by atoms with Crippen LogP contribution in [0.3, 0.4) is 0 Å². The van der Waals surface area contributed by atoms with Crippen LogP contribution < -0.4 is 5.32 Å². The lowest BCUT2D eigenvalue weighted by molar-refractivity contribution is 0.183. The first-order valence-electron chi connectivity index (χ1n) is 8.09. The highest BCUT2D eigenvalue weighted by molar-refractivity contribution is 5.74. The van der Waals surface area contributed by atoms with E-state index in [-0.39, 0.29) is 23.6 Å². The monoisotopic (exact) mass is 330 g/mol. The summed E-state index contributed by atoms with van der Waals surface area (Å²) in [4.78, 5) is 14.1. The zero-order valence-electron chi connectivity index (χ0n) is 14.0.